The zero-order valence-corrected chi connectivity index (χ0v) is 34.2. The van der Waals surface area contributed by atoms with Crippen molar-refractivity contribution in [2.24, 2.45) is 0 Å². The predicted molar refractivity (Wildman–Crippen MR) is 228 cm³/mol. The van der Waals surface area contributed by atoms with E-state index < -0.39 is 6.10 Å². The van der Waals surface area contributed by atoms with Crippen molar-refractivity contribution in [1.82, 2.24) is 0 Å². The SMILES string of the molecule is CC/C=C\C/C=C\C/C=C\C/C=C\C/C=C\CCCCCCCCCCCC(=O)OC(CO)COC(=O)CCCCCCC/C=C\C/C=C\CCCC. The molecule has 0 heterocycles. The molecule has 0 aromatic rings. The molecule has 0 saturated carbocycles. The van der Waals surface area contributed by atoms with Gasteiger partial charge in [0, 0.05) is 12.8 Å². The van der Waals surface area contributed by atoms with Gasteiger partial charge in [-0.25, -0.2) is 0 Å². The molecule has 53 heavy (non-hydrogen) atoms. The van der Waals surface area contributed by atoms with Gasteiger partial charge in [0.05, 0.1) is 6.61 Å². The molecule has 1 N–H and O–H groups in total. The molecule has 0 aromatic carbocycles. The van der Waals surface area contributed by atoms with Gasteiger partial charge < -0.3 is 14.6 Å². The fraction of sp³-hybridized carbons (Fsp3) is 0.667. The van der Waals surface area contributed by atoms with Crippen LogP contribution < -0.4 is 0 Å². The highest BCUT2D eigenvalue weighted by Crippen LogP contribution is 2.13. The first-order valence-corrected chi connectivity index (χ1v) is 21.6. The maximum Gasteiger partial charge on any atom is 0.306 e. The van der Waals surface area contributed by atoms with Crippen LogP contribution in [0.25, 0.3) is 0 Å². The summed E-state index contributed by atoms with van der Waals surface area (Å²) in [5, 5.41) is 9.58. The third-order valence-electron chi connectivity index (χ3n) is 8.92. The average Bonchev–Trinajstić information content (AvgIpc) is 3.16. The Labute approximate surface area is 326 Å². The minimum absolute atomic E-state index is 0.0798. The van der Waals surface area contributed by atoms with E-state index in [9.17, 15) is 14.7 Å². The first-order chi connectivity index (χ1) is 26.1. The molecule has 1 unspecified atom stereocenters. The van der Waals surface area contributed by atoms with E-state index in [2.05, 4.69) is 98.9 Å². The standard InChI is InChI=1S/C48H80O5/c1-3-5-7-9-11-13-15-17-19-20-21-22-23-24-25-26-27-28-29-31-33-35-37-39-41-43-48(51)53-46(44-49)45-52-47(50)42-40-38-36-34-32-30-18-16-14-12-10-8-6-4-2/h5,7,10-13,16-19,21-22,24-25,46,49H,3-4,6,8-9,14-15,20,23,26-45H2,1-2H3/b7-5-,12-10-,13-11-,18-16-,19-17-,22-21-,25-24-. The van der Waals surface area contributed by atoms with E-state index in [0.29, 0.717) is 12.8 Å². The second-order valence-corrected chi connectivity index (χ2v) is 14.0. The van der Waals surface area contributed by atoms with E-state index >= 15 is 0 Å². The summed E-state index contributed by atoms with van der Waals surface area (Å²) in [6.07, 6.45) is 59.3. The van der Waals surface area contributed by atoms with E-state index in [1.165, 1.54) is 77.0 Å². The summed E-state index contributed by atoms with van der Waals surface area (Å²) in [6, 6.07) is 0. The highest BCUT2D eigenvalue weighted by Gasteiger charge is 2.16. The number of unbranched alkanes of at least 4 members (excludes halogenated alkanes) is 16. The van der Waals surface area contributed by atoms with E-state index in [4.69, 9.17) is 9.47 Å². The second-order valence-electron chi connectivity index (χ2n) is 14.0. The van der Waals surface area contributed by atoms with Crippen LogP contribution in [-0.2, 0) is 19.1 Å². The van der Waals surface area contributed by atoms with Crippen LogP contribution >= 0.6 is 0 Å². The normalized spacial score (nSPS) is 13.0. The molecule has 0 rings (SSSR count). The van der Waals surface area contributed by atoms with E-state index in [1.54, 1.807) is 0 Å². The second kappa shape index (κ2) is 43.5. The highest BCUT2D eigenvalue weighted by molar-refractivity contribution is 5.70. The van der Waals surface area contributed by atoms with Gasteiger partial charge in [0.15, 0.2) is 6.10 Å². The Balaban J connectivity index is 3.59. The van der Waals surface area contributed by atoms with Crippen LogP contribution in [-0.4, -0.2) is 36.4 Å². The molecular weight excluding hydrogens is 657 g/mol. The molecule has 0 aliphatic carbocycles. The van der Waals surface area contributed by atoms with Gasteiger partial charge >= 0.3 is 11.9 Å². The number of aliphatic hydroxyl groups is 1. The van der Waals surface area contributed by atoms with Crippen LogP contribution in [0.4, 0.5) is 0 Å². The van der Waals surface area contributed by atoms with Crippen LogP contribution in [0, 0.1) is 0 Å². The van der Waals surface area contributed by atoms with Crippen molar-refractivity contribution in [3.63, 3.8) is 0 Å². The monoisotopic (exact) mass is 737 g/mol. The summed E-state index contributed by atoms with van der Waals surface area (Å²) in [7, 11) is 0. The van der Waals surface area contributed by atoms with Crippen LogP contribution in [0.3, 0.4) is 0 Å². The van der Waals surface area contributed by atoms with Gasteiger partial charge in [-0.1, -0.05) is 176 Å². The lowest BCUT2D eigenvalue weighted by atomic mass is 10.1. The Morgan fingerprint density at radius 3 is 1.23 bits per heavy atom. The van der Waals surface area contributed by atoms with Gasteiger partial charge in [-0.05, 0) is 83.5 Å². The van der Waals surface area contributed by atoms with Gasteiger partial charge in [0.25, 0.3) is 0 Å². The number of ether oxygens (including phenoxy) is 2. The molecule has 0 amide bonds. The minimum Gasteiger partial charge on any atom is -0.462 e. The summed E-state index contributed by atoms with van der Waals surface area (Å²) in [6.45, 7) is 3.96. The first kappa shape index (κ1) is 50.1. The Kier molecular flexibility index (Phi) is 41.1. The van der Waals surface area contributed by atoms with Crippen molar-refractivity contribution in [2.75, 3.05) is 13.2 Å². The number of esters is 2. The lowest BCUT2D eigenvalue weighted by molar-refractivity contribution is -0.161. The number of aliphatic hydroxyl groups excluding tert-OH is 1. The zero-order valence-electron chi connectivity index (χ0n) is 34.2. The average molecular weight is 737 g/mol. The van der Waals surface area contributed by atoms with E-state index in [0.717, 1.165) is 83.5 Å². The van der Waals surface area contributed by atoms with Crippen LogP contribution in [0.2, 0.25) is 0 Å². The third-order valence-corrected chi connectivity index (χ3v) is 8.92. The van der Waals surface area contributed by atoms with Crippen LogP contribution in [0.5, 0.6) is 0 Å². The summed E-state index contributed by atoms with van der Waals surface area (Å²) in [5.41, 5.74) is 0. The predicted octanol–water partition coefficient (Wildman–Crippen LogP) is 13.9. The Morgan fingerprint density at radius 2 is 0.811 bits per heavy atom. The summed E-state index contributed by atoms with van der Waals surface area (Å²) in [5.74, 6) is -0.620. The fourth-order valence-electron chi connectivity index (χ4n) is 5.65. The van der Waals surface area contributed by atoms with Crippen molar-refractivity contribution < 1.29 is 24.2 Å². The van der Waals surface area contributed by atoms with Gasteiger partial charge in [-0.2, -0.15) is 0 Å². The molecule has 0 fully saturated rings. The van der Waals surface area contributed by atoms with Gasteiger partial charge in [-0.3, -0.25) is 9.59 Å². The Morgan fingerprint density at radius 1 is 0.453 bits per heavy atom. The molecule has 0 radical (unpaired) electrons. The Bertz CT molecular complexity index is 1010. The minimum atomic E-state index is -0.785. The van der Waals surface area contributed by atoms with Crippen molar-refractivity contribution in [3.8, 4) is 0 Å². The smallest absolute Gasteiger partial charge is 0.306 e. The summed E-state index contributed by atoms with van der Waals surface area (Å²) in [4.78, 5) is 24.3. The van der Waals surface area contributed by atoms with E-state index in [-0.39, 0.29) is 25.2 Å². The number of hydrogen-bond donors (Lipinski definition) is 1. The summed E-state index contributed by atoms with van der Waals surface area (Å²) < 4.78 is 10.6. The van der Waals surface area contributed by atoms with Gasteiger partial charge in [-0.15, -0.1) is 0 Å². The first-order valence-electron chi connectivity index (χ1n) is 21.6. The molecule has 0 aliphatic rings. The number of carbonyl (C=O) groups is 2. The molecule has 1 atom stereocenters. The molecule has 0 spiro atoms. The lowest BCUT2D eigenvalue weighted by Crippen LogP contribution is -2.28. The molecule has 5 nitrogen and oxygen atoms in total. The van der Waals surface area contributed by atoms with Crippen molar-refractivity contribution in [2.45, 2.75) is 193 Å². The maximum absolute atomic E-state index is 12.2. The van der Waals surface area contributed by atoms with Crippen LogP contribution in [0.15, 0.2) is 85.1 Å². The number of carbonyl (C=O) groups excluding carboxylic acids is 2. The van der Waals surface area contributed by atoms with E-state index in [1.807, 2.05) is 0 Å². The maximum atomic E-state index is 12.2. The zero-order chi connectivity index (χ0) is 38.6. The molecular formula is C48H80O5. The van der Waals surface area contributed by atoms with Gasteiger partial charge in [0.1, 0.15) is 6.61 Å². The number of rotatable bonds is 38. The lowest BCUT2D eigenvalue weighted by Gasteiger charge is -2.15. The van der Waals surface area contributed by atoms with Crippen LogP contribution in [0.1, 0.15) is 187 Å². The molecule has 302 valence electrons. The molecule has 0 saturated heterocycles. The van der Waals surface area contributed by atoms with Crippen molar-refractivity contribution in [1.29, 1.82) is 0 Å². The largest absolute Gasteiger partial charge is 0.462 e. The number of hydrogen-bond acceptors (Lipinski definition) is 5. The summed E-state index contributed by atoms with van der Waals surface area (Å²) >= 11 is 0. The third kappa shape index (κ3) is 41.7. The van der Waals surface area contributed by atoms with Crippen molar-refractivity contribution in [3.05, 3.63) is 85.1 Å². The highest BCUT2D eigenvalue weighted by atomic mass is 16.6. The van der Waals surface area contributed by atoms with Gasteiger partial charge in [0.2, 0.25) is 0 Å². The molecule has 5 heteroatoms. The number of allylic oxidation sites excluding steroid dienone is 14. The molecule has 0 bridgehead atoms. The quantitative estimate of drug-likeness (QED) is 0.0388. The molecule has 0 aliphatic heterocycles. The fourth-order valence-corrected chi connectivity index (χ4v) is 5.65. The topological polar surface area (TPSA) is 72.8 Å². The van der Waals surface area contributed by atoms with Crippen molar-refractivity contribution >= 4 is 11.9 Å². The molecule has 0 aromatic heterocycles. The Hall–Kier alpha value is -2.92.